The van der Waals surface area contributed by atoms with Crippen LogP contribution in [0.15, 0.2) is 48.5 Å². The van der Waals surface area contributed by atoms with Crippen LogP contribution in [-0.2, 0) is 20.7 Å². The second kappa shape index (κ2) is 12.1. The van der Waals surface area contributed by atoms with Crippen LogP contribution in [-0.4, -0.2) is 48.6 Å². The molecular weight excluding hydrogens is 432 g/mol. The van der Waals surface area contributed by atoms with Crippen molar-refractivity contribution >= 4 is 22.8 Å². The third-order valence-electron chi connectivity index (χ3n) is 5.47. The quantitative estimate of drug-likeness (QED) is 0.434. The number of hydrogen-bond donors (Lipinski definition) is 1. The lowest BCUT2D eigenvalue weighted by molar-refractivity contribution is -0.152. The fourth-order valence-electron chi connectivity index (χ4n) is 3.73. The highest BCUT2D eigenvalue weighted by molar-refractivity contribution is 5.91. The third-order valence-corrected chi connectivity index (χ3v) is 5.47. The number of nitrogens with zero attached hydrogens (tertiary/aromatic N) is 3. The summed E-state index contributed by atoms with van der Waals surface area (Å²) in [5, 5.41) is 18.5. The lowest BCUT2D eigenvalue weighted by Gasteiger charge is -2.20. The molecule has 0 aliphatic carbocycles. The first-order valence-corrected chi connectivity index (χ1v) is 11.0. The number of nitrogens with one attached hydrogen (secondary N) is 1. The molecule has 1 heterocycles. The van der Waals surface area contributed by atoms with Crippen LogP contribution in [0, 0.1) is 22.7 Å². The summed E-state index contributed by atoms with van der Waals surface area (Å²) in [6, 6.07) is 19.5. The number of methoxy groups -OCH3 is 1. The molecule has 2 aromatic carbocycles. The summed E-state index contributed by atoms with van der Waals surface area (Å²) >= 11 is 0. The van der Waals surface area contributed by atoms with Crippen LogP contribution in [0.3, 0.4) is 0 Å². The number of fused-ring (bicyclic) bond motifs is 1. The van der Waals surface area contributed by atoms with Gasteiger partial charge >= 0.3 is 5.97 Å². The lowest BCUT2D eigenvalue weighted by atomic mass is 10.0. The minimum Gasteiger partial charge on any atom is -0.497 e. The van der Waals surface area contributed by atoms with Gasteiger partial charge < -0.3 is 19.4 Å². The minimum absolute atomic E-state index is 0.106. The average Bonchev–Trinajstić information content (AvgIpc) is 3.24. The molecule has 0 aliphatic heterocycles. The van der Waals surface area contributed by atoms with Crippen LogP contribution in [0.5, 0.6) is 5.75 Å². The fourth-order valence-corrected chi connectivity index (χ4v) is 3.73. The maximum atomic E-state index is 12.4. The van der Waals surface area contributed by atoms with Crippen molar-refractivity contribution in [2.45, 2.75) is 25.7 Å². The average molecular weight is 459 g/mol. The van der Waals surface area contributed by atoms with Crippen LogP contribution >= 0.6 is 0 Å². The summed E-state index contributed by atoms with van der Waals surface area (Å²) in [4.78, 5) is 29.6. The SMILES string of the molecule is COc1ccc(-c2[nH]c3ccccc3c2CCC(=O)OCC(=O)N(CCC#N)CCC#N)cc1. The van der Waals surface area contributed by atoms with Gasteiger partial charge in [0.25, 0.3) is 5.91 Å². The molecule has 0 unspecified atom stereocenters. The molecule has 34 heavy (non-hydrogen) atoms. The largest absolute Gasteiger partial charge is 0.497 e. The number of rotatable bonds is 11. The van der Waals surface area contributed by atoms with E-state index in [2.05, 4.69) is 4.98 Å². The van der Waals surface area contributed by atoms with E-state index in [1.807, 2.05) is 60.7 Å². The summed E-state index contributed by atoms with van der Waals surface area (Å²) in [6.07, 6.45) is 0.847. The Morgan fingerprint density at radius 2 is 1.68 bits per heavy atom. The molecule has 3 aromatic rings. The fraction of sp³-hybridized carbons (Fsp3) is 0.308. The minimum atomic E-state index is -0.486. The van der Waals surface area contributed by atoms with Gasteiger partial charge in [0, 0.05) is 36.1 Å². The number of benzene rings is 2. The van der Waals surface area contributed by atoms with Gasteiger partial charge in [-0.15, -0.1) is 0 Å². The Labute approximate surface area is 198 Å². The molecule has 0 aliphatic rings. The van der Waals surface area contributed by atoms with Crippen LogP contribution in [0.1, 0.15) is 24.8 Å². The maximum Gasteiger partial charge on any atom is 0.306 e. The van der Waals surface area contributed by atoms with E-state index >= 15 is 0 Å². The van der Waals surface area contributed by atoms with Crippen molar-refractivity contribution in [3.63, 3.8) is 0 Å². The summed E-state index contributed by atoms with van der Waals surface area (Å²) in [5.74, 6) is -0.141. The van der Waals surface area contributed by atoms with E-state index in [1.165, 1.54) is 4.90 Å². The van der Waals surface area contributed by atoms with E-state index < -0.39 is 18.5 Å². The first kappa shape index (κ1) is 24.3. The van der Waals surface area contributed by atoms with Crippen molar-refractivity contribution in [3.05, 3.63) is 54.1 Å². The van der Waals surface area contributed by atoms with Crippen LogP contribution < -0.4 is 4.74 Å². The Balaban J connectivity index is 1.67. The third kappa shape index (κ3) is 6.14. The van der Waals surface area contributed by atoms with Crippen LogP contribution in [0.4, 0.5) is 0 Å². The predicted octanol–water partition coefficient (Wildman–Crippen LogP) is 3.98. The number of esters is 1. The van der Waals surface area contributed by atoms with E-state index in [-0.39, 0.29) is 32.4 Å². The summed E-state index contributed by atoms with van der Waals surface area (Å²) in [7, 11) is 1.62. The number of carbonyl (C=O) groups excluding carboxylic acids is 2. The van der Waals surface area contributed by atoms with Gasteiger partial charge in [0.15, 0.2) is 6.61 Å². The van der Waals surface area contributed by atoms with Crippen molar-refractivity contribution in [2.75, 3.05) is 26.8 Å². The zero-order valence-electron chi connectivity index (χ0n) is 19.0. The molecule has 0 saturated carbocycles. The molecule has 0 atom stereocenters. The number of carbonyl (C=O) groups is 2. The van der Waals surface area contributed by atoms with Gasteiger partial charge in [-0.2, -0.15) is 10.5 Å². The van der Waals surface area contributed by atoms with Crippen molar-refractivity contribution in [1.82, 2.24) is 9.88 Å². The van der Waals surface area contributed by atoms with E-state index in [1.54, 1.807) is 7.11 Å². The van der Waals surface area contributed by atoms with Crippen molar-refractivity contribution in [3.8, 4) is 29.1 Å². The van der Waals surface area contributed by atoms with Gasteiger partial charge in [-0.1, -0.05) is 18.2 Å². The molecule has 0 saturated heterocycles. The van der Waals surface area contributed by atoms with Crippen molar-refractivity contribution in [2.24, 2.45) is 0 Å². The molecule has 1 amide bonds. The second-order valence-corrected chi connectivity index (χ2v) is 7.61. The first-order valence-electron chi connectivity index (χ1n) is 11.0. The normalized spacial score (nSPS) is 10.3. The number of nitriles is 2. The molecule has 0 spiro atoms. The zero-order chi connectivity index (χ0) is 24.3. The maximum absolute atomic E-state index is 12.4. The Kier molecular flexibility index (Phi) is 8.65. The Morgan fingerprint density at radius 1 is 1.00 bits per heavy atom. The first-order chi connectivity index (χ1) is 16.6. The van der Waals surface area contributed by atoms with E-state index in [0.29, 0.717) is 6.42 Å². The number of amides is 1. The number of aryl methyl sites for hydroxylation is 1. The lowest BCUT2D eigenvalue weighted by Crippen LogP contribution is -2.36. The number of aromatic amines is 1. The molecule has 8 nitrogen and oxygen atoms in total. The number of ether oxygens (including phenoxy) is 2. The van der Waals surface area contributed by atoms with Crippen molar-refractivity contribution in [1.29, 1.82) is 10.5 Å². The van der Waals surface area contributed by atoms with Gasteiger partial charge in [0.1, 0.15) is 5.75 Å². The summed E-state index contributed by atoms with van der Waals surface area (Å²) < 4.78 is 10.5. The molecule has 0 radical (unpaired) electrons. The van der Waals surface area contributed by atoms with Gasteiger partial charge in [-0.25, -0.2) is 0 Å². The standard InChI is InChI=1S/C26H26N4O4/c1-33-20-10-8-19(9-11-20)26-22(21-6-2-3-7-23(21)29-26)12-13-25(32)34-18-24(31)30(16-4-14-27)17-5-15-28/h2-3,6-11,29H,4-5,12-13,16-18H2,1H3. The van der Waals surface area contributed by atoms with Crippen LogP contribution in [0.25, 0.3) is 22.2 Å². The van der Waals surface area contributed by atoms with E-state index in [9.17, 15) is 9.59 Å². The van der Waals surface area contributed by atoms with Gasteiger partial charge in [-0.3, -0.25) is 9.59 Å². The number of aromatic nitrogens is 1. The van der Waals surface area contributed by atoms with E-state index in [0.717, 1.165) is 33.5 Å². The van der Waals surface area contributed by atoms with Gasteiger partial charge in [0.2, 0.25) is 0 Å². The molecule has 174 valence electrons. The monoisotopic (exact) mass is 458 g/mol. The molecule has 0 fully saturated rings. The molecular formula is C26H26N4O4. The smallest absolute Gasteiger partial charge is 0.306 e. The topological polar surface area (TPSA) is 119 Å². The molecule has 8 heteroatoms. The molecule has 0 bridgehead atoms. The Morgan fingerprint density at radius 3 is 2.32 bits per heavy atom. The Bertz CT molecular complexity index is 1200. The molecule has 3 rings (SSSR count). The van der Waals surface area contributed by atoms with E-state index in [4.69, 9.17) is 20.0 Å². The van der Waals surface area contributed by atoms with Crippen molar-refractivity contribution < 1.29 is 19.1 Å². The Hall–Kier alpha value is -4.30. The number of H-pyrrole nitrogens is 1. The van der Waals surface area contributed by atoms with Gasteiger partial charge in [-0.05, 0) is 47.9 Å². The summed E-state index contributed by atoms with van der Waals surface area (Å²) in [6.45, 7) is -0.000833. The van der Waals surface area contributed by atoms with Crippen LogP contribution in [0.2, 0.25) is 0 Å². The molecule has 1 aromatic heterocycles. The number of hydrogen-bond acceptors (Lipinski definition) is 6. The van der Waals surface area contributed by atoms with Gasteiger partial charge in [0.05, 0.1) is 32.1 Å². The predicted molar refractivity (Wildman–Crippen MR) is 127 cm³/mol. The highest BCUT2D eigenvalue weighted by Crippen LogP contribution is 2.32. The molecule has 1 N–H and O–H groups in total. The zero-order valence-corrected chi connectivity index (χ0v) is 19.0. The highest BCUT2D eigenvalue weighted by Gasteiger charge is 2.18. The number of para-hydroxylation sites is 1. The second-order valence-electron chi connectivity index (χ2n) is 7.61. The summed E-state index contributed by atoms with van der Waals surface area (Å²) in [5.41, 5.74) is 3.86. The highest BCUT2D eigenvalue weighted by atomic mass is 16.5.